The van der Waals surface area contributed by atoms with Gasteiger partial charge in [0.1, 0.15) is 17.8 Å². The van der Waals surface area contributed by atoms with E-state index in [9.17, 15) is 24.3 Å². The molecule has 3 heterocycles. The van der Waals surface area contributed by atoms with Gasteiger partial charge in [-0.15, -0.1) is 0 Å². The lowest BCUT2D eigenvalue weighted by atomic mass is 9.86. The molecular formula is C32H34N4O5. The molecule has 2 aliphatic rings. The van der Waals surface area contributed by atoms with E-state index in [1.54, 1.807) is 42.6 Å². The summed E-state index contributed by atoms with van der Waals surface area (Å²) in [6.45, 7) is 6.48. The van der Waals surface area contributed by atoms with Crippen LogP contribution in [0.15, 0.2) is 73.1 Å². The van der Waals surface area contributed by atoms with Crippen molar-refractivity contribution in [2.75, 3.05) is 13.1 Å². The van der Waals surface area contributed by atoms with Crippen LogP contribution in [0.25, 0.3) is 0 Å². The zero-order valence-electron chi connectivity index (χ0n) is 23.4. The van der Waals surface area contributed by atoms with Crippen LogP contribution in [0, 0.1) is 0 Å². The zero-order valence-corrected chi connectivity index (χ0v) is 23.4. The molecule has 0 spiro atoms. The third-order valence-corrected chi connectivity index (χ3v) is 7.87. The number of Topliss-reactive ketones (excluding diaryl/α,β-unsaturated/α-hetero) is 1. The summed E-state index contributed by atoms with van der Waals surface area (Å²) in [7, 11) is 0. The Morgan fingerprint density at radius 3 is 2.34 bits per heavy atom. The van der Waals surface area contributed by atoms with Crippen molar-refractivity contribution in [3.05, 3.63) is 95.3 Å². The molecule has 1 aromatic heterocycles. The molecule has 2 fully saturated rings. The van der Waals surface area contributed by atoms with Crippen molar-refractivity contribution >= 4 is 23.5 Å². The van der Waals surface area contributed by atoms with E-state index >= 15 is 0 Å². The number of phenols is 1. The Hall–Kier alpha value is -4.53. The van der Waals surface area contributed by atoms with Gasteiger partial charge in [0.2, 0.25) is 5.91 Å². The Morgan fingerprint density at radius 1 is 1.00 bits per heavy atom. The number of likely N-dealkylation sites (tertiary alicyclic amines) is 2. The molecule has 2 aromatic carbocycles. The van der Waals surface area contributed by atoms with E-state index in [4.69, 9.17) is 0 Å². The number of fused-ring (bicyclic) bond motifs is 1. The van der Waals surface area contributed by atoms with Gasteiger partial charge in [-0.1, -0.05) is 45.0 Å². The standard InChI is InChI=1S/C32H34N4O5/c1-32(2,3)23-10-8-21(9-11-23)29(39)34-25(17-20-6-12-24(37)13-7-20)31(41)35-16-14-26-28(35)27(38)19-36(26)30(40)22-5-4-15-33-18-22/h4-13,15,18,25-26,28,37H,14,16-17,19H2,1-3H3,(H,34,39)/t25-,26+,28-/m0/s1. The third-order valence-electron chi connectivity index (χ3n) is 7.87. The summed E-state index contributed by atoms with van der Waals surface area (Å²) in [6, 6.07) is 14.9. The summed E-state index contributed by atoms with van der Waals surface area (Å²) >= 11 is 0. The van der Waals surface area contributed by atoms with E-state index in [1.165, 1.54) is 28.1 Å². The predicted molar refractivity (Wildman–Crippen MR) is 152 cm³/mol. The molecule has 3 atom stereocenters. The molecule has 9 nitrogen and oxygen atoms in total. The number of hydrogen-bond acceptors (Lipinski definition) is 6. The highest BCUT2D eigenvalue weighted by molar-refractivity contribution is 6.03. The van der Waals surface area contributed by atoms with E-state index < -0.39 is 24.0 Å². The summed E-state index contributed by atoms with van der Waals surface area (Å²) in [5.74, 6) is -1.18. The van der Waals surface area contributed by atoms with Crippen LogP contribution in [0.4, 0.5) is 0 Å². The molecule has 0 aliphatic carbocycles. The highest BCUT2D eigenvalue weighted by Crippen LogP contribution is 2.32. The number of amides is 3. The van der Waals surface area contributed by atoms with Gasteiger partial charge < -0.3 is 20.2 Å². The lowest BCUT2D eigenvalue weighted by Crippen LogP contribution is -2.53. The maximum atomic E-state index is 14.0. The summed E-state index contributed by atoms with van der Waals surface area (Å²) in [5, 5.41) is 12.6. The Bertz CT molecular complexity index is 1450. The van der Waals surface area contributed by atoms with Gasteiger partial charge in [-0.2, -0.15) is 0 Å². The molecule has 212 valence electrons. The van der Waals surface area contributed by atoms with Crippen LogP contribution in [0.1, 0.15) is 59.0 Å². The van der Waals surface area contributed by atoms with Gasteiger partial charge in [0, 0.05) is 30.9 Å². The van der Waals surface area contributed by atoms with Crippen molar-refractivity contribution < 1.29 is 24.3 Å². The predicted octanol–water partition coefficient (Wildman–Crippen LogP) is 3.12. The number of ketones is 1. The number of nitrogens with one attached hydrogen (secondary N) is 1. The smallest absolute Gasteiger partial charge is 0.256 e. The van der Waals surface area contributed by atoms with Crippen LogP contribution < -0.4 is 5.32 Å². The van der Waals surface area contributed by atoms with E-state index in [0.29, 0.717) is 24.1 Å². The number of aromatic nitrogens is 1. The number of carbonyl (C=O) groups is 4. The quantitative estimate of drug-likeness (QED) is 0.483. The van der Waals surface area contributed by atoms with Crippen LogP contribution in [-0.2, 0) is 21.4 Å². The first-order valence-corrected chi connectivity index (χ1v) is 13.8. The van der Waals surface area contributed by atoms with Crippen LogP contribution in [0.3, 0.4) is 0 Å². The Kier molecular flexibility index (Phi) is 7.62. The van der Waals surface area contributed by atoms with E-state index in [0.717, 1.165) is 11.1 Å². The topological polar surface area (TPSA) is 120 Å². The largest absolute Gasteiger partial charge is 0.508 e. The lowest BCUT2D eigenvalue weighted by Gasteiger charge is -2.28. The fourth-order valence-corrected chi connectivity index (χ4v) is 5.63. The fourth-order valence-electron chi connectivity index (χ4n) is 5.63. The molecular weight excluding hydrogens is 520 g/mol. The number of nitrogens with zero attached hydrogens (tertiary/aromatic N) is 3. The summed E-state index contributed by atoms with van der Waals surface area (Å²) < 4.78 is 0. The first-order chi connectivity index (χ1) is 19.5. The number of rotatable bonds is 6. The Labute approximate surface area is 239 Å². The van der Waals surface area contributed by atoms with Gasteiger partial charge in [0.25, 0.3) is 11.8 Å². The number of pyridine rings is 1. The SMILES string of the molecule is CC(C)(C)c1ccc(C(=O)N[C@@H](Cc2ccc(O)cc2)C(=O)N2CC[C@@H]3[C@H]2C(=O)CN3C(=O)c2cccnc2)cc1. The normalized spacial score (nSPS) is 19.1. The highest BCUT2D eigenvalue weighted by atomic mass is 16.3. The van der Waals surface area contributed by atoms with Crippen LogP contribution in [0.2, 0.25) is 0 Å². The molecule has 0 bridgehead atoms. The number of aromatic hydroxyl groups is 1. The summed E-state index contributed by atoms with van der Waals surface area (Å²) in [5.41, 5.74) is 2.57. The molecule has 41 heavy (non-hydrogen) atoms. The Balaban J connectivity index is 1.37. The first-order valence-electron chi connectivity index (χ1n) is 13.8. The van der Waals surface area contributed by atoms with Crippen molar-refractivity contribution in [2.24, 2.45) is 0 Å². The summed E-state index contributed by atoms with van der Waals surface area (Å²) in [6.07, 6.45) is 3.68. The molecule has 5 rings (SSSR count). The molecule has 0 radical (unpaired) electrons. The van der Waals surface area contributed by atoms with Gasteiger partial charge in [0.15, 0.2) is 5.78 Å². The average molecular weight is 555 g/mol. The van der Waals surface area contributed by atoms with Crippen molar-refractivity contribution in [2.45, 2.75) is 57.2 Å². The van der Waals surface area contributed by atoms with Crippen molar-refractivity contribution in [3.63, 3.8) is 0 Å². The number of hydrogen-bond donors (Lipinski definition) is 2. The molecule has 2 aliphatic heterocycles. The van der Waals surface area contributed by atoms with Crippen LogP contribution in [-0.4, -0.2) is 74.6 Å². The van der Waals surface area contributed by atoms with E-state index in [-0.39, 0.29) is 41.7 Å². The van der Waals surface area contributed by atoms with Crippen molar-refractivity contribution in [1.29, 1.82) is 0 Å². The van der Waals surface area contributed by atoms with Gasteiger partial charge in [0.05, 0.1) is 18.2 Å². The number of benzene rings is 2. The maximum absolute atomic E-state index is 14.0. The van der Waals surface area contributed by atoms with Crippen LogP contribution in [0.5, 0.6) is 5.75 Å². The molecule has 0 saturated carbocycles. The van der Waals surface area contributed by atoms with Gasteiger partial charge >= 0.3 is 0 Å². The molecule has 3 amide bonds. The fraction of sp³-hybridized carbons (Fsp3) is 0.344. The maximum Gasteiger partial charge on any atom is 0.256 e. The third kappa shape index (κ3) is 5.84. The molecule has 2 N–H and O–H groups in total. The van der Waals surface area contributed by atoms with Gasteiger partial charge in [-0.3, -0.25) is 24.2 Å². The minimum atomic E-state index is -0.955. The molecule has 0 unspecified atom stereocenters. The van der Waals surface area contributed by atoms with Crippen molar-refractivity contribution in [1.82, 2.24) is 20.1 Å². The van der Waals surface area contributed by atoms with E-state index in [2.05, 4.69) is 31.1 Å². The van der Waals surface area contributed by atoms with E-state index in [1.807, 2.05) is 12.1 Å². The number of phenolic OH excluding ortho intramolecular Hbond substituents is 1. The first kappa shape index (κ1) is 28.0. The average Bonchev–Trinajstić information content (AvgIpc) is 3.54. The molecule has 2 saturated heterocycles. The van der Waals surface area contributed by atoms with Gasteiger partial charge in [-0.25, -0.2) is 0 Å². The molecule has 9 heteroatoms. The second-order valence-electron chi connectivity index (χ2n) is 11.7. The lowest BCUT2D eigenvalue weighted by molar-refractivity contribution is -0.138. The number of carbonyl (C=O) groups excluding carboxylic acids is 4. The minimum absolute atomic E-state index is 0.0707. The molecule has 3 aromatic rings. The highest BCUT2D eigenvalue weighted by Gasteiger charge is 2.52. The second kappa shape index (κ2) is 11.2. The zero-order chi connectivity index (χ0) is 29.3. The second-order valence-corrected chi connectivity index (χ2v) is 11.7. The minimum Gasteiger partial charge on any atom is -0.508 e. The summed E-state index contributed by atoms with van der Waals surface area (Å²) in [4.78, 5) is 60.7. The Morgan fingerprint density at radius 2 is 1.71 bits per heavy atom. The van der Waals surface area contributed by atoms with Gasteiger partial charge in [-0.05, 0) is 59.4 Å². The monoisotopic (exact) mass is 554 g/mol. The van der Waals surface area contributed by atoms with Crippen molar-refractivity contribution in [3.8, 4) is 5.75 Å². The van der Waals surface area contributed by atoms with Crippen LogP contribution >= 0.6 is 0 Å².